The van der Waals surface area contributed by atoms with Crippen LogP contribution in [0.25, 0.3) is 11.4 Å². The van der Waals surface area contributed by atoms with Crippen LogP contribution in [0.15, 0.2) is 47.0 Å². The number of aromatic nitrogens is 2. The second-order valence-electron chi connectivity index (χ2n) is 5.25. The maximum Gasteiger partial charge on any atom is 0.338 e. The molecule has 0 amide bonds. The van der Waals surface area contributed by atoms with Crippen molar-refractivity contribution in [2.75, 3.05) is 7.11 Å². The van der Waals surface area contributed by atoms with Gasteiger partial charge in [-0.1, -0.05) is 35.0 Å². The number of methoxy groups -OCH3 is 1. The molecule has 3 rings (SSSR count). The first-order chi connectivity index (χ1) is 12.1. The SMILES string of the molecule is COc1cc(C(=O)OCc2nc(-c3ccccc3Cl)no2)ccc1C. The van der Waals surface area contributed by atoms with Gasteiger partial charge in [-0.2, -0.15) is 4.98 Å². The van der Waals surface area contributed by atoms with Crippen molar-refractivity contribution in [2.45, 2.75) is 13.5 Å². The number of hydrogen-bond donors (Lipinski definition) is 0. The Balaban J connectivity index is 1.68. The quantitative estimate of drug-likeness (QED) is 0.640. The first kappa shape index (κ1) is 17.0. The highest BCUT2D eigenvalue weighted by molar-refractivity contribution is 6.33. The number of carbonyl (C=O) groups is 1. The zero-order chi connectivity index (χ0) is 17.8. The monoisotopic (exact) mass is 358 g/mol. The molecule has 0 fully saturated rings. The molecule has 0 radical (unpaired) electrons. The molecule has 6 nitrogen and oxygen atoms in total. The smallest absolute Gasteiger partial charge is 0.338 e. The van der Waals surface area contributed by atoms with E-state index in [1.54, 1.807) is 37.4 Å². The molecule has 0 aliphatic carbocycles. The third-order valence-corrected chi connectivity index (χ3v) is 3.88. The molecule has 7 heteroatoms. The lowest BCUT2D eigenvalue weighted by Gasteiger charge is -2.07. The third-order valence-electron chi connectivity index (χ3n) is 3.55. The molecule has 1 aromatic heterocycles. The van der Waals surface area contributed by atoms with Crippen molar-refractivity contribution in [3.05, 3.63) is 64.5 Å². The summed E-state index contributed by atoms with van der Waals surface area (Å²) >= 11 is 6.10. The first-order valence-corrected chi connectivity index (χ1v) is 7.85. The first-order valence-electron chi connectivity index (χ1n) is 7.47. The summed E-state index contributed by atoms with van der Waals surface area (Å²) in [5, 5.41) is 4.37. The van der Waals surface area contributed by atoms with Crippen LogP contribution in [-0.2, 0) is 11.3 Å². The minimum atomic E-state index is -0.504. The van der Waals surface area contributed by atoms with E-state index in [0.717, 1.165) is 5.56 Å². The van der Waals surface area contributed by atoms with Gasteiger partial charge in [-0.15, -0.1) is 0 Å². The normalized spacial score (nSPS) is 10.5. The van der Waals surface area contributed by atoms with Crippen molar-refractivity contribution in [1.82, 2.24) is 10.1 Å². The Morgan fingerprint density at radius 2 is 2.04 bits per heavy atom. The average molecular weight is 359 g/mol. The van der Waals surface area contributed by atoms with Crippen LogP contribution in [0.3, 0.4) is 0 Å². The highest BCUT2D eigenvalue weighted by Crippen LogP contribution is 2.25. The van der Waals surface area contributed by atoms with Crippen molar-refractivity contribution < 1.29 is 18.8 Å². The Kier molecular flexibility index (Phi) is 5.00. The number of halogens is 1. The van der Waals surface area contributed by atoms with Crippen LogP contribution >= 0.6 is 11.6 Å². The van der Waals surface area contributed by atoms with Gasteiger partial charge in [0.1, 0.15) is 5.75 Å². The van der Waals surface area contributed by atoms with E-state index in [1.165, 1.54) is 0 Å². The van der Waals surface area contributed by atoms with Crippen molar-refractivity contribution in [3.63, 3.8) is 0 Å². The summed E-state index contributed by atoms with van der Waals surface area (Å²) in [6.07, 6.45) is 0. The van der Waals surface area contributed by atoms with Crippen molar-refractivity contribution in [2.24, 2.45) is 0 Å². The Morgan fingerprint density at radius 1 is 1.24 bits per heavy atom. The molecule has 2 aromatic carbocycles. The van der Waals surface area contributed by atoms with Gasteiger partial charge < -0.3 is 14.0 Å². The van der Waals surface area contributed by atoms with E-state index in [1.807, 2.05) is 19.1 Å². The van der Waals surface area contributed by atoms with Crippen molar-refractivity contribution >= 4 is 17.6 Å². The van der Waals surface area contributed by atoms with Crippen molar-refractivity contribution in [1.29, 1.82) is 0 Å². The lowest BCUT2D eigenvalue weighted by molar-refractivity contribution is 0.0429. The standard InChI is InChI=1S/C18H15ClN2O4/c1-11-7-8-12(9-15(11)23-2)18(22)24-10-16-20-17(21-25-16)13-5-3-4-6-14(13)19/h3-9H,10H2,1-2H3. The summed E-state index contributed by atoms with van der Waals surface area (Å²) in [4.78, 5) is 16.3. The molecule has 0 saturated carbocycles. The fourth-order valence-corrected chi connectivity index (χ4v) is 2.44. The van der Waals surface area contributed by atoms with Crippen LogP contribution in [0, 0.1) is 6.92 Å². The minimum Gasteiger partial charge on any atom is -0.496 e. The van der Waals surface area contributed by atoms with E-state index in [9.17, 15) is 4.79 Å². The van der Waals surface area contributed by atoms with E-state index < -0.39 is 5.97 Å². The number of nitrogens with zero attached hydrogens (tertiary/aromatic N) is 2. The molecule has 0 spiro atoms. The zero-order valence-electron chi connectivity index (χ0n) is 13.7. The largest absolute Gasteiger partial charge is 0.496 e. The van der Waals surface area contributed by atoms with E-state index in [-0.39, 0.29) is 12.5 Å². The van der Waals surface area contributed by atoms with Crippen molar-refractivity contribution in [3.8, 4) is 17.1 Å². The van der Waals surface area contributed by atoms with Gasteiger partial charge in [-0.05, 0) is 36.8 Å². The predicted octanol–water partition coefficient (Wildman–Crippen LogP) is 4.06. The molecule has 0 saturated heterocycles. The molecule has 0 N–H and O–H groups in total. The summed E-state index contributed by atoms with van der Waals surface area (Å²) in [5.41, 5.74) is 1.96. The van der Waals surface area contributed by atoms with Gasteiger partial charge in [-0.25, -0.2) is 4.79 Å². The summed E-state index contributed by atoms with van der Waals surface area (Å²) in [7, 11) is 1.55. The molecule has 0 aliphatic rings. The lowest BCUT2D eigenvalue weighted by atomic mass is 10.1. The van der Waals surface area contributed by atoms with Gasteiger partial charge in [0, 0.05) is 5.56 Å². The number of hydrogen-bond acceptors (Lipinski definition) is 6. The Labute approximate surface area is 149 Å². The van der Waals surface area contributed by atoms with Crippen LogP contribution in [0.5, 0.6) is 5.75 Å². The fraction of sp³-hybridized carbons (Fsp3) is 0.167. The molecule has 1 heterocycles. The van der Waals surface area contributed by atoms with Crippen LogP contribution in [-0.4, -0.2) is 23.2 Å². The molecule has 25 heavy (non-hydrogen) atoms. The number of ether oxygens (including phenoxy) is 2. The van der Waals surface area contributed by atoms with Gasteiger partial charge in [0.15, 0.2) is 6.61 Å². The number of rotatable bonds is 5. The Hall–Kier alpha value is -2.86. The number of esters is 1. The van der Waals surface area contributed by atoms with Crippen LogP contribution < -0.4 is 4.74 Å². The van der Waals surface area contributed by atoms with Crippen LogP contribution in [0.4, 0.5) is 0 Å². The van der Waals surface area contributed by atoms with Gasteiger partial charge in [0.05, 0.1) is 17.7 Å². The molecule has 3 aromatic rings. The van der Waals surface area contributed by atoms with E-state index in [2.05, 4.69) is 10.1 Å². The number of carbonyl (C=O) groups excluding carboxylic acids is 1. The van der Waals surface area contributed by atoms with Crippen LogP contribution in [0.2, 0.25) is 5.02 Å². The molecular weight excluding hydrogens is 344 g/mol. The Bertz CT molecular complexity index is 908. The summed E-state index contributed by atoms with van der Waals surface area (Å²) in [6.45, 7) is 1.76. The second-order valence-corrected chi connectivity index (χ2v) is 5.66. The molecule has 0 atom stereocenters. The van der Waals surface area contributed by atoms with Crippen LogP contribution in [0.1, 0.15) is 21.8 Å². The van der Waals surface area contributed by atoms with Gasteiger partial charge >= 0.3 is 5.97 Å². The average Bonchev–Trinajstić information content (AvgIpc) is 3.09. The maximum absolute atomic E-state index is 12.1. The molecule has 0 bridgehead atoms. The third kappa shape index (κ3) is 3.80. The minimum absolute atomic E-state index is 0.132. The van der Waals surface area contributed by atoms with Gasteiger partial charge in [0.25, 0.3) is 5.89 Å². The number of benzene rings is 2. The summed E-state index contributed by atoms with van der Waals surface area (Å²) in [5.74, 6) is 0.639. The molecule has 128 valence electrons. The lowest BCUT2D eigenvalue weighted by Crippen LogP contribution is -2.06. The summed E-state index contributed by atoms with van der Waals surface area (Å²) < 4.78 is 15.5. The second kappa shape index (κ2) is 7.36. The predicted molar refractivity (Wildman–Crippen MR) is 91.6 cm³/mol. The highest BCUT2D eigenvalue weighted by Gasteiger charge is 2.15. The summed E-state index contributed by atoms with van der Waals surface area (Å²) in [6, 6.07) is 12.2. The highest BCUT2D eigenvalue weighted by atomic mass is 35.5. The molecule has 0 unspecified atom stereocenters. The van der Waals surface area contributed by atoms with E-state index >= 15 is 0 Å². The number of aryl methyl sites for hydroxylation is 1. The van der Waals surface area contributed by atoms with Gasteiger partial charge in [0.2, 0.25) is 5.82 Å². The van der Waals surface area contributed by atoms with E-state index in [0.29, 0.717) is 27.7 Å². The Morgan fingerprint density at radius 3 is 2.80 bits per heavy atom. The fourth-order valence-electron chi connectivity index (χ4n) is 2.22. The molecular formula is C18H15ClN2O4. The van der Waals surface area contributed by atoms with E-state index in [4.69, 9.17) is 25.6 Å². The zero-order valence-corrected chi connectivity index (χ0v) is 14.4. The van der Waals surface area contributed by atoms with Gasteiger partial charge in [-0.3, -0.25) is 0 Å². The topological polar surface area (TPSA) is 74.5 Å². The maximum atomic E-state index is 12.1. The molecule has 0 aliphatic heterocycles.